The van der Waals surface area contributed by atoms with E-state index in [1.807, 2.05) is 0 Å². The molecule has 18 heavy (non-hydrogen) atoms. The number of anilines is 1. The summed E-state index contributed by atoms with van der Waals surface area (Å²) in [6, 6.07) is 2.03. The van der Waals surface area contributed by atoms with Gasteiger partial charge in [-0.25, -0.2) is 0 Å². The molecule has 0 aliphatic rings. The molecule has 0 saturated heterocycles. The number of hydrogen-bond donors (Lipinski definition) is 2. The molecule has 0 saturated carbocycles. The van der Waals surface area contributed by atoms with Crippen molar-refractivity contribution in [1.82, 2.24) is 0 Å². The zero-order chi connectivity index (χ0) is 13.9. The van der Waals surface area contributed by atoms with Crippen LogP contribution in [0.2, 0.25) is 5.02 Å². The van der Waals surface area contributed by atoms with E-state index in [1.54, 1.807) is 0 Å². The Bertz CT molecular complexity index is 428. The lowest BCUT2D eigenvalue weighted by molar-refractivity contribution is -0.138. The molecule has 1 aromatic rings. The van der Waals surface area contributed by atoms with Crippen LogP contribution < -0.4 is 5.32 Å². The highest BCUT2D eigenvalue weighted by atomic mass is 79.9. The molecule has 0 spiro atoms. The van der Waals surface area contributed by atoms with Crippen molar-refractivity contribution in [2.75, 3.05) is 17.7 Å². The Morgan fingerprint density at radius 1 is 1.39 bits per heavy atom. The summed E-state index contributed by atoms with van der Waals surface area (Å²) in [6.07, 6.45) is -5.34. The lowest BCUT2D eigenvalue weighted by atomic mass is 10.2. The Balaban J connectivity index is 2.99. The third-order valence-corrected chi connectivity index (χ3v) is 3.39. The molecule has 1 atom stereocenters. The summed E-state index contributed by atoms with van der Waals surface area (Å²) in [4.78, 5) is 0. The molecule has 102 valence electrons. The van der Waals surface area contributed by atoms with Gasteiger partial charge in [-0.1, -0.05) is 27.5 Å². The molecule has 1 unspecified atom stereocenters. The summed E-state index contributed by atoms with van der Waals surface area (Å²) < 4.78 is 37.8. The van der Waals surface area contributed by atoms with Gasteiger partial charge in [0.2, 0.25) is 0 Å². The average molecular weight is 367 g/mol. The molecule has 0 amide bonds. The van der Waals surface area contributed by atoms with E-state index in [0.29, 0.717) is 0 Å². The van der Waals surface area contributed by atoms with Crippen LogP contribution in [0, 0.1) is 0 Å². The number of aliphatic hydroxyl groups is 1. The van der Waals surface area contributed by atoms with E-state index in [1.165, 1.54) is 0 Å². The van der Waals surface area contributed by atoms with E-state index >= 15 is 0 Å². The highest BCUT2D eigenvalue weighted by Crippen LogP contribution is 2.39. The maximum absolute atomic E-state index is 12.7. The fourth-order valence-electron chi connectivity index (χ4n) is 1.18. The average Bonchev–Trinajstić information content (AvgIpc) is 2.25. The van der Waals surface area contributed by atoms with Gasteiger partial charge in [0, 0.05) is 11.0 Å². The van der Waals surface area contributed by atoms with Crippen LogP contribution in [0.5, 0.6) is 0 Å². The molecule has 0 aliphatic carbocycles. The zero-order valence-corrected chi connectivity index (χ0v) is 12.0. The highest BCUT2D eigenvalue weighted by Gasteiger charge is 2.33. The van der Waals surface area contributed by atoms with Crippen molar-refractivity contribution in [3.8, 4) is 0 Å². The first kappa shape index (κ1) is 15.9. The summed E-state index contributed by atoms with van der Waals surface area (Å²) in [5.41, 5.74) is -0.744. The second kappa shape index (κ2) is 6.32. The van der Waals surface area contributed by atoms with Gasteiger partial charge < -0.3 is 10.4 Å². The monoisotopic (exact) mass is 365 g/mol. The first-order valence-corrected chi connectivity index (χ1v) is 6.50. The molecule has 0 heterocycles. The number of nitrogens with one attached hydrogen (secondary N) is 1. The van der Waals surface area contributed by atoms with Gasteiger partial charge in [0.05, 0.1) is 28.3 Å². The van der Waals surface area contributed by atoms with Crippen molar-refractivity contribution in [2.45, 2.75) is 12.3 Å². The van der Waals surface area contributed by atoms with E-state index in [4.69, 9.17) is 23.2 Å². The molecule has 1 aromatic carbocycles. The van der Waals surface area contributed by atoms with E-state index in [-0.39, 0.29) is 27.6 Å². The van der Waals surface area contributed by atoms with Crippen molar-refractivity contribution in [2.24, 2.45) is 0 Å². The smallest absolute Gasteiger partial charge is 0.390 e. The van der Waals surface area contributed by atoms with Crippen LogP contribution >= 0.6 is 39.1 Å². The Hall–Kier alpha value is -0.170. The normalized spacial score (nSPS) is 13.5. The minimum absolute atomic E-state index is 0.0160. The van der Waals surface area contributed by atoms with Crippen molar-refractivity contribution < 1.29 is 18.3 Å². The SMILES string of the molecule is OC(CCl)CNc1cc(C(F)(F)F)c(Br)cc1Cl. The van der Waals surface area contributed by atoms with Crippen LogP contribution in [0.3, 0.4) is 0 Å². The lowest BCUT2D eigenvalue weighted by Gasteiger charge is -2.15. The van der Waals surface area contributed by atoms with Crippen molar-refractivity contribution in [1.29, 1.82) is 0 Å². The van der Waals surface area contributed by atoms with Crippen molar-refractivity contribution >= 4 is 44.8 Å². The fraction of sp³-hybridized carbons (Fsp3) is 0.400. The number of alkyl halides is 4. The summed E-state index contributed by atoms with van der Waals surface area (Å²) in [6.45, 7) is 0.0160. The molecule has 0 fully saturated rings. The second-order valence-corrected chi connectivity index (χ2v) is 5.07. The Labute approximate surface area is 120 Å². The molecular weight excluding hydrogens is 358 g/mol. The molecule has 2 nitrogen and oxygen atoms in total. The number of halogens is 6. The van der Waals surface area contributed by atoms with Crippen LogP contribution in [0.25, 0.3) is 0 Å². The molecule has 0 aliphatic heterocycles. The van der Waals surface area contributed by atoms with Crippen LogP contribution in [0.4, 0.5) is 18.9 Å². The van der Waals surface area contributed by atoms with E-state index in [9.17, 15) is 18.3 Å². The molecule has 0 aromatic heterocycles. The Kier molecular flexibility index (Phi) is 5.58. The van der Waals surface area contributed by atoms with E-state index < -0.39 is 17.8 Å². The van der Waals surface area contributed by atoms with Crippen LogP contribution in [0.1, 0.15) is 5.56 Å². The predicted molar refractivity (Wildman–Crippen MR) is 69.4 cm³/mol. The van der Waals surface area contributed by atoms with Gasteiger partial charge in [-0.05, 0) is 12.1 Å². The topological polar surface area (TPSA) is 32.3 Å². The van der Waals surface area contributed by atoms with Gasteiger partial charge >= 0.3 is 6.18 Å². The minimum atomic E-state index is -4.48. The van der Waals surface area contributed by atoms with Crippen LogP contribution in [0.15, 0.2) is 16.6 Å². The second-order valence-electron chi connectivity index (χ2n) is 3.50. The lowest BCUT2D eigenvalue weighted by Crippen LogP contribution is -2.21. The molecular formula is C10H9BrCl2F3NO. The van der Waals surface area contributed by atoms with Gasteiger partial charge in [-0.15, -0.1) is 11.6 Å². The Morgan fingerprint density at radius 3 is 2.50 bits per heavy atom. The Morgan fingerprint density at radius 2 is 2.00 bits per heavy atom. The van der Waals surface area contributed by atoms with Crippen molar-refractivity contribution in [3.63, 3.8) is 0 Å². The molecule has 0 radical (unpaired) electrons. The molecule has 8 heteroatoms. The maximum Gasteiger partial charge on any atom is 0.417 e. The molecule has 0 bridgehead atoms. The van der Waals surface area contributed by atoms with Gasteiger partial charge in [0.25, 0.3) is 0 Å². The molecule has 2 N–H and O–H groups in total. The number of hydrogen-bond acceptors (Lipinski definition) is 2. The summed E-state index contributed by atoms with van der Waals surface area (Å²) in [7, 11) is 0. The van der Waals surface area contributed by atoms with Crippen molar-refractivity contribution in [3.05, 3.63) is 27.2 Å². The van der Waals surface area contributed by atoms with Gasteiger partial charge in [0.15, 0.2) is 0 Å². The first-order chi connectivity index (χ1) is 8.25. The third kappa shape index (κ3) is 4.19. The largest absolute Gasteiger partial charge is 0.417 e. The highest BCUT2D eigenvalue weighted by molar-refractivity contribution is 9.10. The fourth-order valence-corrected chi connectivity index (χ4v) is 2.22. The van der Waals surface area contributed by atoms with Gasteiger partial charge in [-0.3, -0.25) is 0 Å². The van der Waals surface area contributed by atoms with Crippen LogP contribution in [-0.2, 0) is 6.18 Å². The minimum Gasteiger partial charge on any atom is -0.390 e. The summed E-state index contributed by atoms with van der Waals surface area (Å²) in [5.74, 6) is -0.0206. The van der Waals surface area contributed by atoms with Gasteiger partial charge in [0.1, 0.15) is 0 Å². The quantitative estimate of drug-likeness (QED) is 0.785. The van der Waals surface area contributed by atoms with Crippen LogP contribution in [-0.4, -0.2) is 23.6 Å². The summed E-state index contributed by atoms with van der Waals surface area (Å²) in [5, 5.41) is 12.0. The zero-order valence-electron chi connectivity index (χ0n) is 8.86. The standard InChI is InChI=1S/C10H9BrCl2F3NO/c11-7-2-8(13)9(17-4-5(18)3-12)1-6(7)10(14,15)16/h1-2,5,17-18H,3-4H2. The van der Waals surface area contributed by atoms with E-state index in [2.05, 4.69) is 21.2 Å². The maximum atomic E-state index is 12.7. The van der Waals surface area contributed by atoms with E-state index in [0.717, 1.165) is 12.1 Å². The first-order valence-electron chi connectivity index (χ1n) is 4.80. The third-order valence-electron chi connectivity index (χ3n) is 2.07. The number of aliphatic hydroxyl groups excluding tert-OH is 1. The number of rotatable bonds is 4. The summed E-state index contributed by atoms with van der Waals surface area (Å²) >= 11 is 14.0. The molecule has 1 rings (SSSR count). The predicted octanol–water partition coefficient (Wildman–Crippen LogP) is 4.13. The number of benzene rings is 1. The van der Waals surface area contributed by atoms with Gasteiger partial charge in [-0.2, -0.15) is 13.2 Å².